The van der Waals surface area contributed by atoms with Crippen LogP contribution in [0.1, 0.15) is 36.4 Å². The summed E-state index contributed by atoms with van der Waals surface area (Å²) in [5, 5.41) is 4.24. The van der Waals surface area contributed by atoms with Crippen LogP contribution in [0, 0.1) is 6.92 Å². The molecule has 0 amide bonds. The average Bonchev–Trinajstić information content (AvgIpc) is 2.78. The lowest BCUT2D eigenvalue weighted by Gasteiger charge is -2.19. The van der Waals surface area contributed by atoms with Gasteiger partial charge in [-0.3, -0.25) is 0 Å². The second-order valence-corrected chi connectivity index (χ2v) is 4.81. The molecule has 0 saturated carbocycles. The lowest BCUT2D eigenvalue weighted by molar-refractivity contribution is 0.655. The van der Waals surface area contributed by atoms with Gasteiger partial charge in [-0.2, -0.15) is 0 Å². The van der Waals surface area contributed by atoms with Crippen molar-refractivity contribution in [3.05, 3.63) is 46.0 Å². The van der Waals surface area contributed by atoms with E-state index in [1.54, 1.807) is 0 Å². The summed E-state index contributed by atoms with van der Waals surface area (Å²) in [6, 6.07) is 6.66. The third-order valence-electron chi connectivity index (χ3n) is 3.25. The Kier molecular flexibility index (Phi) is 3.67. The van der Waals surface area contributed by atoms with Crippen molar-refractivity contribution in [2.24, 2.45) is 0 Å². The third-order valence-corrected chi connectivity index (χ3v) is 3.67. The number of likely N-dealkylation sites (N-methyl/N-ethyl adjacent to an activating group) is 1. The highest BCUT2D eigenvalue weighted by Gasteiger charge is 2.17. The Morgan fingerprint density at radius 3 is 2.75 bits per heavy atom. The number of benzene rings is 1. The normalized spacial score (nSPS) is 17.3. The first-order valence-electron chi connectivity index (χ1n) is 5.84. The molecule has 1 nitrogen and oxygen atoms in total. The Hall–Kier alpha value is -0.790. The molecule has 1 atom stereocenters. The molecule has 0 spiro atoms. The van der Waals surface area contributed by atoms with Gasteiger partial charge in [0.2, 0.25) is 0 Å². The van der Waals surface area contributed by atoms with Crippen LogP contribution < -0.4 is 5.32 Å². The monoisotopic (exact) mass is 235 g/mol. The minimum Gasteiger partial charge on any atom is -0.310 e. The molecule has 0 saturated heterocycles. The van der Waals surface area contributed by atoms with Gasteiger partial charge in [0, 0.05) is 5.02 Å². The first-order valence-corrected chi connectivity index (χ1v) is 6.22. The van der Waals surface area contributed by atoms with Gasteiger partial charge in [-0.1, -0.05) is 35.4 Å². The quantitative estimate of drug-likeness (QED) is 0.781. The highest BCUT2D eigenvalue weighted by atomic mass is 35.5. The number of halogens is 1. The van der Waals surface area contributed by atoms with Crippen LogP contribution in [0.3, 0.4) is 0 Å². The van der Waals surface area contributed by atoms with Crippen LogP contribution in [0.5, 0.6) is 0 Å². The van der Waals surface area contributed by atoms with E-state index in [1.165, 1.54) is 30.4 Å². The second kappa shape index (κ2) is 5.03. The predicted molar refractivity (Wildman–Crippen MR) is 69.9 cm³/mol. The Morgan fingerprint density at radius 2 is 2.19 bits per heavy atom. The molecule has 1 aromatic rings. The summed E-state index contributed by atoms with van der Waals surface area (Å²) in [6.07, 6.45) is 6.10. The van der Waals surface area contributed by atoms with E-state index in [1.807, 2.05) is 13.1 Å². The van der Waals surface area contributed by atoms with Crippen molar-refractivity contribution in [3.8, 4) is 0 Å². The summed E-state index contributed by atoms with van der Waals surface area (Å²) in [7, 11) is 2.02. The summed E-state index contributed by atoms with van der Waals surface area (Å²) in [6.45, 7) is 2.06. The highest BCUT2D eigenvalue weighted by molar-refractivity contribution is 6.31. The fourth-order valence-electron chi connectivity index (χ4n) is 2.37. The molecule has 1 aromatic carbocycles. The van der Waals surface area contributed by atoms with Gasteiger partial charge in [0.05, 0.1) is 6.04 Å². The van der Waals surface area contributed by atoms with E-state index in [9.17, 15) is 0 Å². The van der Waals surface area contributed by atoms with Gasteiger partial charge in [0.1, 0.15) is 0 Å². The first kappa shape index (κ1) is 11.7. The van der Waals surface area contributed by atoms with E-state index in [4.69, 9.17) is 11.6 Å². The number of hydrogen-bond donors (Lipinski definition) is 1. The minimum absolute atomic E-state index is 0.360. The molecule has 0 fully saturated rings. The smallest absolute Gasteiger partial charge is 0.0533 e. The van der Waals surface area contributed by atoms with Crippen molar-refractivity contribution in [3.63, 3.8) is 0 Å². The number of rotatable bonds is 3. The van der Waals surface area contributed by atoms with Crippen molar-refractivity contribution in [2.75, 3.05) is 7.05 Å². The molecular weight excluding hydrogens is 218 g/mol. The maximum atomic E-state index is 6.05. The summed E-state index contributed by atoms with van der Waals surface area (Å²) in [5.74, 6) is 0. The van der Waals surface area contributed by atoms with Gasteiger partial charge in [-0.05, 0) is 50.4 Å². The lowest BCUT2D eigenvalue weighted by Crippen LogP contribution is -2.18. The van der Waals surface area contributed by atoms with E-state index in [0.717, 1.165) is 10.6 Å². The fraction of sp³-hybridized carbons (Fsp3) is 0.429. The maximum Gasteiger partial charge on any atom is 0.0533 e. The number of aryl methyl sites for hydroxylation is 1. The first-order chi connectivity index (χ1) is 7.72. The van der Waals surface area contributed by atoms with Gasteiger partial charge in [-0.15, -0.1) is 0 Å². The number of hydrogen-bond acceptors (Lipinski definition) is 1. The predicted octanol–water partition coefficient (Wildman–Crippen LogP) is 4.02. The minimum atomic E-state index is 0.360. The largest absolute Gasteiger partial charge is 0.310 e. The molecule has 86 valence electrons. The molecule has 16 heavy (non-hydrogen) atoms. The molecule has 0 heterocycles. The number of nitrogens with one attached hydrogen (secondary N) is 1. The molecule has 0 aliphatic heterocycles. The average molecular weight is 236 g/mol. The van der Waals surface area contributed by atoms with E-state index in [0.29, 0.717) is 6.04 Å². The second-order valence-electron chi connectivity index (χ2n) is 4.40. The Labute approximate surface area is 103 Å². The molecular formula is C14H18ClN. The van der Waals surface area contributed by atoms with Crippen molar-refractivity contribution >= 4 is 11.6 Å². The molecule has 0 aromatic heterocycles. The van der Waals surface area contributed by atoms with Crippen LogP contribution in [0.2, 0.25) is 5.02 Å². The van der Waals surface area contributed by atoms with Crippen LogP contribution in [-0.2, 0) is 0 Å². The lowest BCUT2D eigenvalue weighted by atomic mass is 9.97. The molecule has 0 radical (unpaired) electrons. The Balaban J connectivity index is 2.29. The zero-order valence-corrected chi connectivity index (χ0v) is 10.6. The summed E-state index contributed by atoms with van der Waals surface area (Å²) >= 11 is 6.05. The topological polar surface area (TPSA) is 12.0 Å². The van der Waals surface area contributed by atoms with Gasteiger partial charge in [-0.25, -0.2) is 0 Å². The van der Waals surface area contributed by atoms with Crippen LogP contribution in [0.4, 0.5) is 0 Å². The molecule has 1 N–H and O–H groups in total. The standard InChI is InChI=1S/C14H18ClN/c1-10-9-12(7-8-13(10)15)14(16-2)11-5-3-4-6-11/h5,7-9,14,16H,3-4,6H2,1-2H3. The van der Waals surface area contributed by atoms with Crippen molar-refractivity contribution < 1.29 is 0 Å². The van der Waals surface area contributed by atoms with E-state index < -0.39 is 0 Å². The van der Waals surface area contributed by atoms with Crippen LogP contribution in [-0.4, -0.2) is 7.05 Å². The Morgan fingerprint density at radius 1 is 1.38 bits per heavy atom. The molecule has 1 aliphatic rings. The van der Waals surface area contributed by atoms with E-state index in [-0.39, 0.29) is 0 Å². The Bertz CT molecular complexity index is 409. The summed E-state index contributed by atoms with van der Waals surface area (Å²) in [5.41, 5.74) is 3.99. The van der Waals surface area contributed by atoms with E-state index >= 15 is 0 Å². The van der Waals surface area contributed by atoms with Gasteiger partial charge < -0.3 is 5.32 Å². The van der Waals surface area contributed by atoms with Gasteiger partial charge in [0.15, 0.2) is 0 Å². The molecule has 2 rings (SSSR count). The molecule has 1 unspecified atom stereocenters. The van der Waals surface area contributed by atoms with Crippen LogP contribution in [0.15, 0.2) is 29.8 Å². The van der Waals surface area contributed by atoms with Gasteiger partial charge in [0.25, 0.3) is 0 Å². The van der Waals surface area contributed by atoms with Crippen LogP contribution in [0.25, 0.3) is 0 Å². The maximum absolute atomic E-state index is 6.05. The summed E-state index contributed by atoms with van der Waals surface area (Å²) in [4.78, 5) is 0. The van der Waals surface area contributed by atoms with Crippen LogP contribution >= 0.6 is 11.6 Å². The zero-order valence-electron chi connectivity index (χ0n) is 9.89. The highest BCUT2D eigenvalue weighted by Crippen LogP contribution is 2.31. The summed E-state index contributed by atoms with van der Waals surface area (Å²) < 4.78 is 0. The van der Waals surface area contributed by atoms with E-state index in [2.05, 4.69) is 30.4 Å². The molecule has 2 heteroatoms. The zero-order chi connectivity index (χ0) is 11.5. The van der Waals surface area contributed by atoms with Crippen molar-refractivity contribution in [2.45, 2.75) is 32.2 Å². The molecule has 0 bridgehead atoms. The van der Waals surface area contributed by atoms with Gasteiger partial charge >= 0.3 is 0 Å². The van der Waals surface area contributed by atoms with Crippen molar-refractivity contribution in [1.82, 2.24) is 5.32 Å². The number of allylic oxidation sites excluding steroid dienone is 1. The third kappa shape index (κ3) is 2.31. The SMILES string of the molecule is CNC(C1=CCCC1)c1ccc(Cl)c(C)c1. The molecule has 1 aliphatic carbocycles. The fourth-order valence-corrected chi connectivity index (χ4v) is 2.49. The van der Waals surface area contributed by atoms with Crippen molar-refractivity contribution in [1.29, 1.82) is 0 Å².